The third kappa shape index (κ3) is 3.50. The highest BCUT2D eigenvalue weighted by Crippen LogP contribution is 2.68. The SMILES string of the molecule is CC(C)CCC[C@@H](C)[C@H]1CC[C@H]2[C@@H]3CCC4CC(O)C(O)C(N)[C@]4(C)[C@H]3CC[C@]12C. The van der Waals surface area contributed by atoms with Crippen molar-refractivity contribution < 1.29 is 10.2 Å². The van der Waals surface area contributed by atoms with Gasteiger partial charge in [0.1, 0.15) is 0 Å². The minimum absolute atomic E-state index is 0.0101. The fraction of sp³-hybridized carbons (Fsp3) is 1.00. The van der Waals surface area contributed by atoms with Crippen molar-refractivity contribution in [2.24, 2.45) is 58.0 Å². The quantitative estimate of drug-likeness (QED) is 0.561. The van der Waals surface area contributed by atoms with E-state index in [0.29, 0.717) is 17.3 Å². The van der Waals surface area contributed by atoms with E-state index >= 15 is 0 Å². The topological polar surface area (TPSA) is 66.5 Å². The van der Waals surface area contributed by atoms with Crippen LogP contribution in [-0.4, -0.2) is 28.5 Å². The first-order chi connectivity index (χ1) is 14.1. The molecular formula is C27H49NO2. The Balaban J connectivity index is 1.51. The van der Waals surface area contributed by atoms with Crippen LogP contribution < -0.4 is 5.73 Å². The third-order valence-electron chi connectivity index (χ3n) is 11.2. The summed E-state index contributed by atoms with van der Waals surface area (Å²) in [4.78, 5) is 0. The van der Waals surface area contributed by atoms with Crippen molar-refractivity contribution in [1.82, 2.24) is 0 Å². The van der Waals surface area contributed by atoms with Crippen molar-refractivity contribution in [3.63, 3.8) is 0 Å². The zero-order valence-electron chi connectivity index (χ0n) is 20.3. The summed E-state index contributed by atoms with van der Waals surface area (Å²) in [6.45, 7) is 12.2. The summed E-state index contributed by atoms with van der Waals surface area (Å²) in [7, 11) is 0. The average Bonchev–Trinajstić information content (AvgIpc) is 3.04. The monoisotopic (exact) mass is 419 g/mol. The second-order valence-corrected chi connectivity index (χ2v) is 12.9. The third-order valence-corrected chi connectivity index (χ3v) is 11.2. The Morgan fingerprint density at radius 2 is 1.67 bits per heavy atom. The van der Waals surface area contributed by atoms with Gasteiger partial charge in [0, 0.05) is 6.04 Å². The molecule has 0 aromatic carbocycles. The van der Waals surface area contributed by atoms with E-state index in [-0.39, 0.29) is 11.5 Å². The highest BCUT2D eigenvalue weighted by molar-refractivity contribution is 5.14. The Kier molecular flexibility index (Phi) is 6.41. The predicted octanol–water partition coefficient (Wildman–Crippen LogP) is 5.38. The lowest BCUT2D eigenvalue weighted by molar-refractivity contribution is -0.172. The molecule has 0 aliphatic heterocycles. The van der Waals surface area contributed by atoms with Gasteiger partial charge in [-0.25, -0.2) is 0 Å². The summed E-state index contributed by atoms with van der Waals surface area (Å²) in [5, 5.41) is 21.0. The molecule has 11 atom stereocenters. The first kappa shape index (κ1) is 23.1. The van der Waals surface area contributed by atoms with Crippen LogP contribution in [0.1, 0.15) is 98.8 Å². The minimum Gasteiger partial charge on any atom is -0.390 e. The molecule has 3 nitrogen and oxygen atoms in total. The zero-order chi connectivity index (χ0) is 21.8. The normalized spacial score (nSPS) is 51.9. The van der Waals surface area contributed by atoms with Crippen LogP contribution in [0.25, 0.3) is 0 Å². The molecule has 4 fully saturated rings. The lowest BCUT2D eigenvalue weighted by Crippen LogP contribution is -2.66. The van der Waals surface area contributed by atoms with Crippen molar-refractivity contribution in [3.05, 3.63) is 0 Å². The number of aliphatic hydroxyl groups excluding tert-OH is 2. The van der Waals surface area contributed by atoms with Crippen molar-refractivity contribution in [3.8, 4) is 0 Å². The van der Waals surface area contributed by atoms with Gasteiger partial charge in [-0.2, -0.15) is 0 Å². The van der Waals surface area contributed by atoms with Crippen LogP contribution in [0.3, 0.4) is 0 Å². The van der Waals surface area contributed by atoms with Gasteiger partial charge in [0.2, 0.25) is 0 Å². The molecule has 4 aliphatic carbocycles. The smallest absolute Gasteiger partial charge is 0.0955 e. The van der Waals surface area contributed by atoms with Gasteiger partial charge in [0.25, 0.3) is 0 Å². The van der Waals surface area contributed by atoms with Crippen molar-refractivity contribution in [2.75, 3.05) is 0 Å². The summed E-state index contributed by atoms with van der Waals surface area (Å²) in [6.07, 6.45) is 11.4. The van der Waals surface area contributed by atoms with Gasteiger partial charge in [0.05, 0.1) is 12.2 Å². The van der Waals surface area contributed by atoms with Gasteiger partial charge in [-0.1, -0.05) is 53.9 Å². The van der Waals surface area contributed by atoms with Crippen LogP contribution >= 0.6 is 0 Å². The molecule has 4 saturated carbocycles. The number of aliphatic hydroxyl groups is 2. The molecular weight excluding hydrogens is 370 g/mol. The van der Waals surface area contributed by atoms with Crippen LogP contribution in [0.4, 0.5) is 0 Å². The van der Waals surface area contributed by atoms with Crippen molar-refractivity contribution in [2.45, 2.75) is 117 Å². The van der Waals surface area contributed by atoms with Gasteiger partial charge in [-0.05, 0) is 97.2 Å². The molecule has 0 spiro atoms. The largest absolute Gasteiger partial charge is 0.390 e. The van der Waals surface area contributed by atoms with Gasteiger partial charge in [-0.3, -0.25) is 0 Å². The van der Waals surface area contributed by atoms with Crippen LogP contribution in [0.5, 0.6) is 0 Å². The Bertz CT molecular complexity index is 604. The molecule has 30 heavy (non-hydrogen) atoms. The summed E-state index contributed by atoms with van der Waals surface area (Å²) in [5.74, 6) is 5.26. The highest BCUT2D eigenvalue weighted by Gasteiger charge is 2.63. The number of rotatable bonds is 5. The van der Waals surface area contributed by atoms with E-state index in [1.807, 2.05) is 0 Å². The van der Waals surface area contributed by atoms with Crippen LogP contribution in [0, 0.1) is 52.3 Å². The number of hydrogen-bond donors (Lipinski definition) is 3. The molecule has 0 bridgehead atoms. The Hall–Kier alpha value is -0.120. The Labute approximate surface area is 185 Å². The molecule has 0 amide bonds. The first-order valence-electron chi connectivity index (χ1n) is 13.2. The fourth-order valence-corrected chi connectivity index (χ4v) is 9.42. The molecule has 4 aliphatic rings. The number of nitrogens with two attached hydrogens (primary N) is 1. The van der Waals surface area contributed by atoms with Gasteiger partial charge < -0.3 is 15.9 Å². The standard InChI is InChI=1S/C27H49NO2/c1-16(2)7-6-8-17(3)20-11-12-21-19-10-9-18-15-23(29)24(30)25(28)27(18,5)22(19)13-14-26(20,21)4/h16-25,29-30H,6-15,28H2,1-5H3/t17-,18?,19+,20-,21+,22+,23?,24?,25?,26-,27+/m1/s1. The lowest BCUT2D eigenvalue weighted by Gasteiger charge is -2.63. The summed E-state index contributed by atoms with van der Waals surface area (Å²) >= 11 is 0. The highest BCUT2D eigenvalue weighted by atomic mass is 16.3. The molecule has 0 saturated heterocycles. The fourth-order valence-electron chi connectivity index (χ4n) is 9.42. The van der Waals surface area contributed by atoms with E-state index in [4.69, 9.17) is 5.73 Å². The number of fused-ring (bicyclic) bond motifs is 5. The van der Waals surface area contributed by atoms with Gasteiger partial charge >= 0.3 is 0 Å². The second kappa shape index (κ2) is 8.34. The zero-order valence-corrected chi connectivity index (χ0v) is 20.3. The lowest BCUT2D eigenvalue weighted by atomic mass is 9.43. The van der Waals surface area contributed by atoms with E-state index in [0.717, 1.165) is 36.0 Å². The maximum atomic E-state index is 10.6. The maximum Gasteiger partial charge on any atom is 0.0955 e. The maximum absolute atomic E-state index is 10.6. The molecule has 4 unspecified atom stereocenters. The van der Waals surface area contributed by atoms with Gasteiger partial charge in [0.15, 0.2) is 0 Å². The molecule has 4 N–H and O–H groups in total. The molecule has 0 aromatic rings. The average molecular weight is 420 g/mol. The van der Waals surface area contributed by atoms with Crippen LogP contribution in [0.15, 0.2) is 0 Å². The van der Waals surface area contributed by atoms with E-state index in [2.05, 4.69) is 34.6 Å². The van der Waals surface area contributed by atoms with E-state index < -0.39 is 12.2 Å². The van der Waals surface area contributed by atoms with E-state index in [1.165, 1.54) is 57.8 Å². The summed E-state index contributed by atoms with van der Waals surface area (Å²) in [5.41, 5.74) is 7.17. The molecule has 0 heterocycles. The van der Waals surface area contributed by atoms with Crippen LogP contribution in [-0.2, 0) is 0 Å². The minimum atomic E-state index is -0.754. The molecule has 0 aromatic heterocycles. The van der Waals surface area contributed by atoms with E-state index in [9.17, 15) is 10.2 Å². The first-order valence-corrected chi connectivity index (χ1v) is 13.2. The Morgan fingerprint density at radius 3 is 2.37 bits per heavy atom. The molecule has 174 valence electrons. The van der Waals surface area contributed by atoms with Crippen molar-refractivity contribution >= 4 is 0 Å². The summed E-state index contributed by atoms with van der Waals surface area (Å²) in [6, 6.07) is -0.282. The summed E-state index contributed by atoms with van der Waals surface area (Å²) < 4.78 is 0. The Morgan fingerprint density at radius 1 is 0.933 bits per heavy atom. The predicted molar refractivity (Wildman–Crippen MR) is 124 cm³/mol. The second-order valence-electron chi connectivity index (χ2n) is 12.9. The van der Waals surface area contributed by atoms with Gasteiger partial charge in [-0.15, -0.1) is 0 Å². The van der Waals surface area contributed by atoms with Crippen molar-refractivity contribution in [1.29, 1.82) is 0 Å². The number of hydrogen-bond acceptors (Lipinski definition) is 3. The molecule has 3 heteroatoms. The molecule has 0 radical (unpaired) electrons. The molecule has 4 rings (SSSR count). The van der Waals surface area contributed by atoms with Crippen LogP contribution in [0.2, 0.25) is 0 Å². The van der Waals surface area contributed by atoms with E-state index in [1.54, 1.807) is 0 Å².